The summed E-state index contributed by atoms with van der Waals surface area (Å²) < 4.78 is 5.94. The van der Waals surface area contributed by atoms with Gasteiger partial charge in [0, 0.05) is 6.42 Å². The van der Waals surface area contributed by atoms with E-state index in [4.69, 9.17) is 16.2 Å². The SMILES string of the molecule is CC(C)CCC[C@@H](C)[C@H]1CCC2C3CC=C4CC(OC(=O)[C@@H](C)NC(=O)C(N)CCN)CC[C@]4(C)C3CC[C@@]21C. The Hall–Kier alpha value is -1.40. The van der Waals surface area contributed by atoms with Gasteiger partial charge in [-0.05, 0) is 111 Å². The summed E-state index contributed by atoms with van der Waals surface area (Å²) in [6.07, 6.45) is 16.5. The number of allylic oxidation sites excluding steroid dienone is 1. The minimum absolute atomic E-state index is 0.114. The lowest BCUT2D eigenvalue weighted by atomic mass is 9.47. The average molecular weight is 558 g/mol. The highest BCUT2D eigenvalue weighted by Gasteiger charge is 2.59. The minimum atomic E-state index is -0.714. The first-order valence-corrected chi connectivity index (χ1v) is 16.6. The number of ether oxygens (including phenoxy) is 1. The molecule has 0 bridgehead atoms. The van der Waals surface area contributed by atoms with Gasteiger partial charge >= 0.3 is 5.97 Å². The fraction of sp³-hybridized carbons (Fsp3) is 0.882. The maximum atomic E-state index is 12.8. The fourth-order valence-corrected chi connectivity index (χ4v) is 9.71. The van der Waals surface area contributed by atoms with Crippen LogP contribution in [0.15, 0.2) is 11.6 Å². The summed E-state index contributed by atoms with van der Waals surface area (Å²) in [7, 11) is 0. The largest absolute Gasteiger partial charge is 0.461 e. The van der Waals surface area contributed by atoms with Crippen molar-refractivity contribution in [2.45, 2.75) is 137 Å². The van der Waals surface area contributed by atoms with E-state index in [0.717, 1.165) is 54.8 Å². The Labute approximate surface area is 244 Å². The smallest absolute Gasteiger partial charge is 0.328 e. The Morgan fingerprint density at radius 3 is 2.48 bits per heavy atom. The highest BCUT2D eigenvalue weighted by molar-refractivity contribution is 5.87. The topological polar surface area (TPSA) is 107 Å². The lowest BCUT2D eigenvalue weighted by Gasteiger charge is -2.58. The summed E-state index contributed by atoms with van der Waals surface area (Å²) in [5, 5.41) is 2.70. The lowest BCUT2D eigenvalue weighted by molar-refractivity contribution is -0.155. The van der Waals surface area contributed by atoms with Gasteiger partial charge in [0.15, 0.2) is 0 Å². The van der Waals surface area contributed by atoms with Crippen molar-refractivity contribution >= 4 is 11.9 Å². The molecule has 5 unspecified atom stereocenters. The van der Waals surface area contributed by atoms with E-state index in [9.17, 15) is 9.59 Å². The first-order valence-electron chi connectivity index (χ1n) is 16.6. The van der Waals surface area contributed by atoms with Crippen LogP contribution in [0.1, 0.15) is 119 Å². The molecular weight excluding hydrogens is 498 g/mol. The van der Waals surface area contributed by atoms with E-state index in [0.29, 0.717) is 18.4 Å². The normalized spacial score (nSPS) is 37.4. The van der Waals surface area contributed by atoms with Gasteiger partial charge in [-0.1, -0.05) is 65.5 Å². The van der Waals surface area contributed by atoms with Gasteiger partial charge in [0.1, 0.15) is 12.1 Å². The van der Waals surface area contributed by atoms with Gasteiger partial charge in [0.05, 0.1) is 6.04 Å². The van der Waals surface area contributed by atoms with Crippen LogP contribution in [0.5, 0.6) is 0 Å². The van der Waals surface area contributed by atoms with Gasteiger partial charge in [-0.2, -0.15) is 0 Å². The second-order valence-corrected chi connectivity index (χ2v) is 15.0. The predicted octanol–water partition coefficient (Wildman–Crippen LogP) is 6.12. The number of rotatable bonds is 11. The van der Waals surface area contributed by atoms with Gasteiger partial charge in [-0.15, -0.1) is 0 Å². The van der Waals surface area contributed by atoms with Gasteiger partial charge in [-0.3, -0.25) is 4.79 Å². The quantitative estimate of drug-likeness (QED) is 0.210. The number of hydrogen-bond acceptors (Lipinski definition) is 5. The molecule has 0 aliphatic heterocycles. The molecule has 10 atom stereocenters. The third-order valence-corrected chi connectivity index (χ3v) is 12.1. The summed E-state index contributed by atoms with van der Waals surface area (Å²) >= 11 is 0. The van der Waals surface area contributed by atoms with E-state index in [1.54, 1.807) is 6.92 Å². The van der Waals surface area contributed by atoms with Crippen LogP contribution in [0.25, 0.3) is 0 Å². The maximum absolute atomic E-state index is 12.8. The molecule has 0 aromatic carbocycles. The summed E-state index contributed by atoms with van der Waals surface area (Å²) in [6.45, 7) is 14.4. The van der Waals surface area contributed by atoms with Crippen LogP contribution in [0.4, 0.5) is 0 Å². The molecule has 0 spiro atoms. The maximum Gasteiger partial charge on any atom is 0.328 e. The molecule has 6 heteroatoms. The highest BCUT2D eigenvalue weighted by Crippen LogP contribution is 2.67. The van der Waals surface area contributed by atoms with E-state index in [1.807, 2.05) is 0 Å². The van der Waals surface area contributed by atoms with Crippen molar-refractivity contribution in [2.24, 2.45) is 57.8 Å². The number of nitrogens with two attached hydrogens (primary N) is 2. The molecule has 228 valence electrons. The van der Waals surface area contributed by atoms with E-state index < -0.39 is 12.1 Å². The molecule has 6 nitrogen and oxygen atoms in total. The zero-order valence-corrected chi connectivity index (χ0v) is 26.3. The molecular formula is C34H59N3O3. The summed E-state index contributed by atoms with van der Waals surface area (Å²) in [5.74, 6) is 4.21. The molecule has 4 aliphatic rings. The molecule has 4 aliphatic carbocycles. The Balaban J connectivity index is 1.36. The van der Waals surface area contributed by atoms with Gasteiger partial charge in [-0.25, -0.2) is 4.79 Å². The van der Waals surface area contributed by atoms with Crippen molar-refractivity contribution in [1.82, 2.24) is 5.32 Å². The summed E-state index contributed by atoms with van der Waals surface area (Å²) in [4.78, 5) is 25.0. The number of fused-ring (bicyclic) bond motifs is 5. The molecule has 0 aromatic rings. The standard InChI is InChI=1S/C34H59N3O3/c1-21(2)8-7-9-22(3)27-12-13-28-26-11-10-24-20-25(14-17-33(24,5)29(26)15-18-34(27,28)6)40-32(39)23(4)37-31(38)30(36)16-19-35/h10,21-23,25-30H,7-9,11-20,35-36H2,1-6H3,(H,37,38)/t22-,23-,25?,26?,27-,28?,29?,30?,33+,34-/m1/s1. The molecule has 0 radical (unpaired) electrons. The van der Waals surface area contributed by atoms with Crippen molar-refractivity contribution in [3.05, 3.63) is 11.6 Å². The van der Waals surface area contributed by atoms with Crippen LogP contribution in [0, 0.1) is 46.3 Å². The van der Waals surface area contributed by atoms with Crippen LogP contribution in [-0.2, 0) is 14.3 Å². The first kappa shape index (κ1) is 31.5. The van der Waals surface area contributed by atoms with Crippen molar-refractivity contribution in [3.8, 4) is 0 Å². The zero-order valence-electron chi connectivity index (χ0n) is 26.3. The molecule has 0 saturated heterocycles. The first-order chi connectivity index (χ1) is 18.9. The Morgan fingerprint density at radius 2 is 1.77 bits per heavy atom. The molecule has 1 amide bonds. The van der Waals surface area contributed by atoms with Crippen LogP contribution in [-0.4, -0.2) is 36.6 Å². The summed E-state index contributed by atoms with van der Waals surface area (Å²) in [5.41, 5.74) is 13.6. The van der Waals surface area contributed by atoms with Gasteiger partial charge < -0.3 is 21.5 Å². The number of nitrogens with one attached hydrogen (secondary N) is 1. The van der Waals surface area contributed by atoms with Crippen molar-refractivity contribution < 1.29 is 14.3 Å². The second kappa shape index (κ2) is 12.9. The monoisotopic (exact) mass is 557 g/mol. The number of carbonyl (C=O) groups is 2. The van der Waals surface area contributed by atoms with Gasteiger partial charge in [0.2, 0.25) is 5.91 Å². The predicted molar refractivity (Wildman–Crippen MR) is 162 cm³/mol. The van der Waals surface area contributed by atoms with Crippen LogP contribution < -0.4 is 16.8 Å². The Bertz CT molecular complexity index is 933. The Kier molecular flexibility index (Phi) is 10.1. The zero-order chi connectivity index (χ0) is 29.2. The van der Waals surface area contributed by atoms with E-state index in [-0.39, 0.29) is 23.4 Å². The minimum Gasteiger partial charge on any atom is -0.461 e. The number of carbonyl (C=O) groups excluding carboxylic acids is 2. The second-order valence-electron chi connectivity index (χ2n) is 15.0. The van der Waals surface area contributed by atoms with E-state index in [2.05, 4.69) is 46.0 Å². The van der Waals surface area contributed by atoms with Crippen molar-refractivity contribution in [2.75, 3.05) is 6.54 Å². The average Bonchev–Trinajstić information content (AvgIpc) is 3.26. The van der Waals surface area contributed by atoms with Crippen LogP contribution >= 0.6 is 0 Å². The molecule has 4 rings (SSSR count). The third-order valence-electron chi connectivity index (χ3n) is 12.1. The molecule has 0 aromatic heterocycles. The van der Waals surface area contributed by atoms with Crippen LogP contribution in [0.3, 0.4) is 0 Å². The van der Waals surface area contributed by atoms with Gasteiger partial charge in [0.25, 0.3) is 0 Å². The third kappa shape index (κ3) is 6.33. The fourth-order valence-electron chi connectivity index (χ4n) is 9.71. The number of hydrogen-bond donors (Lipinski definition) is 3. The van der Waals surface area contributed by atoms with Crippen molar-refractivity contribution in [1.29, 1.82) is 0 Å². The summed E-state index contributed by atoms with van der Waals surface area (Å²) in [6, 6.07) is -1.41. The molecule has 3 saturated carbocycles. The highest BCUT2D eigenvalue weighted by atomic mass is 16.5. The van der Waals surface area contributed by atoms with Crippen LogP contribution in [0.2, 0.25) is 0 Å². The van der Waals surface area contributed by atoms with E-state index >= 15 is 0 Å². The van der Waals surface area contributed by atoms with E-state index in [1.165, 1.54) is 56.9 Å². The molecule has 3 fully saturated rings. The molecule has 0 heterocycles. The molecule has 40 heavy (non-hydrogen) atoms. The molecule has 5 N–H and O–H groups in total. The van der Waals surface area contributed by atoms with Crippen molar-refractivity contribution in [3.63, 3.8) is 0 Å². The lowest BCUT2D eigenvalue weighted by Crippen LogP contribution is -2.51. The number of esters is 1. The Morgan fingerprint density at radius 1 is 1.02 bits per heavy atom. The number of amides is 1.